The zero-order valence-corrected chi connectivity index (χ0v) is 10.2. The van der Waals surface area contributed by atoms with Crippen LogP contribution in [0.2, 0.25) is 0 Å². The van der Waals surface area contributed by atoms with Crippen LogP contribution in [-0.2, 0) is 11.2 Å². The Kier molecular flexibility index (Phi) is 4.27. The second-order valence-electron chi connectivity index (χ2n) is 3.41. The number of aldehydes is 1. The maximum atomic E-state index is 13.5. The number of halogens is 2. The van der Waals surface area contributed by atoms with Gasteiger partial charge in [-0.1, -0.05) is 15.9 Å². The van der Waals surface area contributed by atoms with E-state index in [-0.39, 0.29) is 18.3 Å². The first-order valence-electron chi connectivity index (χ1n) is 4.62. The molecule has 0 N–H and O–H groups in total. The molecule has 1 aromatic rings. The molecule has 15 heavy (non-hydrogen) atoms. The van der Waals surface area contributed by atoms with Gasteiger partial charge in [0.2, 0.25) is 0 Å². The molecular weight excluding hydrogens is 263 g/mol. The average Bonchev–Trinajstić information content (AvgIpc) is 2.11. The van der Waals surface area contributed by atoms with Crippen molar-refractivity contribution in [3.63, 3.8) is 0 Å². The van der Waals surface area contributed by atoms with Gasteiger partial charge in [-0.15, -0.1) is 0 Å². The molecule has 0 radical (unpaired) electrons. The summed E-state index contributed by atoms with van der Waals surface area (Å²) in [4.78, 5) is 10.4. The third-order valence-corrected chi connectivity index (χ3v) is 2.20. The molecule has 4 heteroatoms. The lowest BCUT2D eigenvalue weighted by Crippen LogP contribution is -2.09. The zero-order chi connectivity index (χ0) is 11.4. The van der Waals surface area contributed by atoms with E-state index in [2.05, 4.69) is 15.9 Å². The van der Waals surface area contributed by atoms with E-state index in [1.165, 1.54) is 6.07 Å². The molecule has 0 heterocycles. The third-order valence-electron chi connectivity index (χ3n) is 1.74. The monoisotopic (exact) mass is 274 g/mol. The Hall–Kier alpha value is -0.900. The Balaban J connectivity index is 3.13. The number of rotatable bonds is 4. The Morgan fingerprint density at radius 3 is 2.73 bits per heavy atom. The maximum Gasteiger partial charge on any atom is 0.166 e. The van der Waals surface area contributed by atoms with Crippen molar-refractivity contribution < 1.29 is 13.9 Å². The van der Waals surface area contributed by atoms with Crippen molar-refractivity contribution in [3.8, 4) is 5.75 Å². The molecule has 0 aliphatic heterocycles. The van der Waals surface area contributed by atoms with Gasteiger partial charge in [0.25, 0.3) is 0 Å². The molecule has 0 fully saturated rings. The zero-order valence-electron chi connectivity index (χ0n) is 8.59. The van der Waals surface area contributed by atoms with Gasteiger partial charge in [0, 0.05) is 16.5 Å². The summed E-state index contributed by atoms with van der Waals surface area (Å²) in [7, 11) is 0. The molecule has 82 valence electrons. The van der Waals surface area contributed by atoms with Crippen molar-refractivity contribution in [1.29, 1.82) is 0 Å². The quantitative estimate of drug-likeness (QED) is 0.789. The molecule has 0 spiro atoms. The van der Waals surface area contributed by atoms with E-state index in [0.29, 0.717) is 10.0 Å². The standard InChI is InChI=1S/C11H12BrFO2/c1-7(2)15-11-8(3-4-14)5-9(12)6-10(11)13/h4-7H,3H2,1-2H3. The summed E-state index contributed by atoms with van der Waals surface area (Å²) >= 11 is 3.17. The van der Waals surface area contributed by atoms with E-state index < -0.39 is 5.82 Å². The first-order valence-corrected chi connectivity index (χ1v) is 5.42. The van der Waals surface area contributed by atoms with Crippen LogP contribution in [0.4, 0.5) is 4.39 Å². The first-order chi connectivity index (χ1) is 7.04. The number of hydrogen-bond acceptors (Lipinski definition) is 2. The van der Waals surface area contributed by atoms with E-state index in [4.69, 9.17) is 4.74 Å². The normalized spacial score (nSPS) is 10.5. The van der Waals surface area contributed by atoms with Crippen molar-refractivity contribution in [3.05, 3.63) is 28.0 Å². The molecule has 1 rings (SSSR count). The minimum atomic E-state index is -0.449. The fraction of sp³-hybridized carbons (Fsp3) is 0.364. The lowest BCUT2D eigenvalue weighted by Gasteiger charge is -2.14. The molecule has 0 aromatic heterocycles. The van der Waals surface area contributed by atoms with Crippen LogP contribution >= 0.6 is 15.9 Å². The van der Waals surface area contributed by atoms with Crippen molar-refractivity contribution in [2.24, 2.45) is 0 Å². The van der Waals surface area contributed by atoms with Gasteiger partial charge in [0.15, 0.2) is 11.6 Å². The van der Waals surface area contributed by atoms with Gasteiger partial charge in [0.05, 0.1) is 6.10 Å². The van der Waals surface area contributed by atoms with Gasteiger partial charge in [-0.25, -0.2) is 4.39 Å². The van der Waals surface area contributed by atoms with Gasteiger partial charge in [0.1, 0.15) is 6.29 Å². The predicted octanol–water partition coefficient (Wildman–Crippen LogP) is 3.12. The molecule has 0 unspecified atom stereocenters. The first kappa shape index (κ1) is 12.2. The molecule has 0 amide bonds. The summed E-state index contributed by atoms with van der Waals surface area (Å²) in [5.74, 6) is -0.282. The van der Waals surface area contributed by atoms with E-state index in [0.717, 1.165) is 6.29 Å². The van der Waals surface area contributed by atoms with Crippen LogP contribution in [-0.4, -0.2) is 12.4 Å². The Labute approximate surface area is 96.6 Å². The highest BCUT2D eigenvalue weighted by molar-refractivity contribution is 9.10. The Morgan fingerprint density at radius 1 is 1.53 bits per heavy atom. The van der Waals surface area contributed by atoms with Crippen molar-refractivity contribution in [1.82, 2.24) is 0 Å². The second kappa shape index (κ2) is 5.26. The van der Waals surface area contributed by atoms with Crippen LogP contribution in [0.25, 0.3) is 0 Å². The van der Waals surface area contributed by atoms with Gasteiger partial charge in [-0.3, -0.25) is 0 Å². The average molecular weight is 275 g/mol. The fourth-order valence-electron chi connectivity index (χ4n) is 1.22. The molecule has 0 atom stereocenters. The van der Waals surface area contributed by atoms with Gasteiger partial charge >= 0.3 is 0 Å². The van der Waals surface area contributed by atoms with E-state index in [1.807, 2.05) is 13.8 Å². The highest BCUT2D eigenvalue weighted by atomic mass is 79.9. The molecule has 0 saturated carbocycles. The third kappa shape index (κ3) is 3.30. The van der Waals surface area contributed by atoms with Gasteiger partial charge < -0.3 is 9.53 Å². The van der Waals surface area contributed by atoms with Gasteiger partial charge in [-0.05, 0) is 26.0 Å². The molecular formula is C11H12BrFO2. The Bertz CT molecular complexity index is 364. The lowest BCUT2D eigenvalue weighted by molar-refractivity contribution is -0.107. The van der Waals surface area contributed by atoms with Crippen molar-refractivity contribution in [2.75, 3.05) is 0 Å². The number of hydrogen-bond donors (Lipinski definition) is 0. The summed E-state index contributed by atoms with van der Waals surface area (Å²) in [6.07, 6.45) is 0.762. The van der Waals surface area contributed by atoms with E-state index in [9.17, 15) is 9.18 Å². The molecule has 0 bridgehead atoms. The second-order valence-corrected chi connectivity index (χ2v) is 4.33. The molecule has 0 aliphatic carbocycles. The van der Waals surface area contributed by atoms with Crippen LogP contribution in [0.3, 0.4) is 0 Å². The molecule has 0 saturated heterocycles. The van der Waals surface area contributed by atoms with Gasteiger partial charge in [-0.2, -0.15) is 0 Å². The number of benzene rings is 1. The lowest BCUT2D eigenvalue weighted by atomic mass is 10.1. The summed E-state index contributed by atoms with van der Waals surface area (Å²) in [6, 6.07) is 3.02. The number of carbonyl (C=O) groups excluding carboxylic acids is 1. The molecule has 1 aromatic carbocycles. The SMILES string of the molecule is CC(C)Oc1c(F)cc(Br)cc1CC=O. The van der Waals surface area contributed by atoms with Crippen LogP contribution < -0.4 is 4.74 Å². The highest BCUT2D eigenvalue weighted by Crippen LogP contribution is 2.28. The number of carbonyl (C=O) groups is 1. The summed E-state index contributed by atoms with van der Waals surface area (Å²) in [5.41, 5.74) is 0.561. The summed E-state index contributed by atoms with van der Waals surface area (Å²) < 4.78 is 19.5. The fourth-order valence-corrected chi connectivity index (χ4v) is 1.70. The van der Waals surface area contributed by atoms with Crippen LogP contribution in [0.15, 0.2) is 16.6 Å². The number of ether oxygens (including phenoxy) is 1. The van der Waals surface area contributed by atoms with Crippen LogP contribution in [0.5, 0.6) is 5.75 Å². The van der Waals surface area contributed by atoms with E-state index in [1.54, 1.807) is 6.07 Å². The van der Waals surface area contributed by atoms with E-state index >= 15 is 0 Å². The highest BCUT2D eigenvalue weighted by Gasteiger charge is 2.12. The van der Waals surface area contributed by atoms with Crippen molar-refractivity contribution >= 4 is 22.2 Å². The largest absolute Gasteiger partial charge is 0.488 e. The molecule has 0 aliphatic rings. The smallest absolute Gasteiger partial charge is 0.166 e. The predicted molar refractivity (Wildman–Crippen MR) is 59.6 cm³/mol. The minimum absolute atomic E-state index is 0.119. The summed E-state index contributed by atoms with van der Waals surface area (Å²) in [6.45, 7) is 3.62. The van der Waals surface area contributed by atoms with Crippen LogP contribution in [0, 0.1) is 5.82 Å². The minimum Gasteiger partial charge on any atom is -0.488 e. The van der Waals surface area contributed by atoms with Crippen molar-refractivity contribution in [2.45, 2.75) is 26.4 Å². The molecule has 2 nitrogen and oxygen atoms in total. The maximum absolute atomic E-state index is 13.5. The summed E-state index contributed by atoms with van der Waals surface area (Å²) in [5, 5.41) is 0. The Morgan fingerprint density at radius 2 is 2.20 bits per heavy atom. The van der Waals surface area contributed by atoms with Crippen LogP contribution in [0.1, 0.15) is 19.4 Å². The topological polar surface area (TPSA) is 26.3 Å².